The minimum absolute atomic E-state index is 0.153. The Morgan fingerprint density at radius 1 is 1.09 bits per heavy atom. The van der Waals surface area contributed by atoms with E-state index in [2.05, 4.69) is 15.0 Å². The molecule has 0 radical (unpaired) electrons. The highest BCUT2D eigenvalue weighted by molar-refractivity contribution is 5.82. The Bertz CT molecular complexity index is 1290. The van der Waals surface area contributed by atoms with E-state index in [1.807, 2.05) is 30.3 Å². The Morgan fingerprint density at radius 3 is 2.52 bits per heavy atom. The summed E-state index contributed by atoms with van der Waals surface area (Å²) in [7, 11) is 0. The zero-order chi connectivity index (χ0) is 23.6. The third-order valence-corrected chi connectivity index (χ3v) is 4.64. The van der Waals surface area contributed by atoms with Crippen LogP contribution < -0.4 is 9.47 Å². The van der Waals surface area contributed by atoms with E-state index in [0.29, 0.717) is 11.6 Å². The van der Waals surface area contributed by atoms with Crippen LogP contribution in [0.4, 0.5) is 17.6 Å². The minimum Gasteiger partial charge on any atom is -0.482 e. The first-order valence-corrected chi connectivity index (χ1v) is 9.50. The topological polar surface area (TPSA) is 97.3 Å². The molecule has 170 valence electrons. The second-order valence-corrected chi connectivity index (χ2v) is 6.88. The van der Waals surface area contributed by atoms with Crippen LogP contribution in [0, 0.1) is 5.82 Å². The second-order valence-electron chi connectivity index (χ2n) is 6.88. The van der Waals surface area contributed by atoms with Gasteiger partial charge in [0.2, 0.25) is 0 Å². The molecule has 0 saturated carbocycles. The number of imidazole rings is 1. The van der Waals surface area contributed by atoms with Crippen LogP contribution in [0.25, 0.3) is 22.2 Å². The number of carboxylic acid groups (broad SMARTS) is 1. The van der Waals surface area contributed by atoms with E-state index in [4.69, 9.17) is 19.4 Å². The Balaban J connectivity index is 0.000000325. The van der Waals surface area contributed by atoms with Gasteiger partial charge in [-0.3, -0.25) is 4.98 Å². The van der Waals surface area contributed by atoms with Gasteiger partial charge >= 0.3 is 12.1 Å². The van der Waals surface area contributed by atoms with Gasteiger partial charge in [0, 0.05) is 12.4 Å². The summed E-state index contributed by atoms with van der Waals surface area (Å²) in [5, 5.41) is 7.12. The number of ether oxygens (including phenoxy) is 2. The average Bonchev–Trinajstić information content (AvgIpc) is 3.23. The number of fused-ring (bicyclic) bond motifs is 2. The maximum Gasteiger partial charge on any atom is 0.490 e. The molecule has 7 nitrogen and oxygen atoms in total. The van der Waals surface area contributed by atoms with Crippen LogP contribution in [0.15, 0.2) is 60.9 Å². The van der Waals surface area contributed by atoms with Crippen molar-refractivity contribution in [3.8, 4) is 22.6 Å². The normalized spacial score (nSPS) is 15.0. The molecule has 1 aliphatic heterocycles. The molecule has 0 saturated heterocycles. The molecule has 0 bridgehead atoms. The number of aromatic amines is 1. The van der Waals surface area contributed by atoms with Gasteiger partial charge < -0.3 is 19.6 Å². The number of nitrogens with zero attached hydrogens (tertiary/aromatic N) is 2. The summed E-state index contributed by atoms with van der Waals surface area (Å²) >= 11 is 0. The van der Waals surface area contributed by atoms with Gasteiger partial charge in [-0.2, -0.15) is 13.2 Å². The van der Waals surface area contributed by atoms with E-state index < -0.39 is 24.1 Å². The van der Waals surface area contributed by atoms with Crippen molar-refractivity contribution in [3.63, 3.8) is 0 Å². The Hall–Kier alpha value is -4.15. The van der Waals surface area contributed by atoms with Crippen LogP contribution in [0.1, 0.15) is 11.9 Å². The lowest BCUT2D eigenvalue weighted by Gasteiger charge is -2.25. The van der Waals surface area contributed by atoms with Gasteiger partial charge in [-0.05, 0) is 47.5 Å². The Kier molecular flexibility index (Phi) is 5.86. The molecular formula is C22H15F4N3O4. The third kappa shape index (κ3) is 4.86. The van der Waals surface area contributed by atoms with Crippen molar-refractivity contribution in [2.75, 3.05) is 6.61 Å². The van der Waals surface area contributed by atoms with Crippen molar-refractivity contribution in [1.82, 2.24) is 15.0 Å². The van der Waals surface area contributed by atoms with Crippen LogP contribution >= 0.6 is 0 Å². The molecule has 3 heterocycles. The molecule has 0 amide bonds. The number of rotatable bonds is 2. The summed E-state index contributed by atoms with van der Waals surface area (Å²) in [6, 6.07) is 14.6. The molecule has 0 fully saturated rings. The molecular weight excluding hydrogens is 446 g/mol. The summed E-state index contributed by atoms with van der Waals surface area (Å²) in [4.78, 5) is 20.8. The van der Waals surface area contributed by atoms with E-state index in [1.54, 1.807) is 24.5 Å². The first kappa shape index (κ1) is 22.1. The summed E-state index contributed by atoms with van der Waals surface area (Å²) in [6.45, 7) is 0.199. The van der Waals surface area contributed by atoms with Gasteiger partial charge in [-0.15, -0.1) is 0 Å². The predicted octanol–water partition coefficient (Wildman–Crippen LogP) is 4.91. The van der Waals surface area contributed by atoms with Gasteiger partial charge in [0.1, 0.15) is 6.61 Å². The van der Waals surface area contributed by atoms with E-state index in [9.17, 15) is 17.6 Å². The number of aliphatic carboxylic acids is 1. The molecule has 0 aliphatic carbocycles. The average molecular weight is 461 g/mol. The lowest BCUT2D eigenvalue weighted by molar-refractivity contribution is -0.192. The van der Waals surface area contributed by atoms with E-state index in [-0.39, 0.29) is 12.4 Å². The lowest BCUT2D eigenvalue weighted by Crippen LogP contribution is -2.23. The highest BCUT2D eigenvalue weighted by Gasteiger charge is 2.38. The summed E-state index contributed by atoms with van der Waals surface area (Å²) in [5.41, 5.74) is 3.90. The monoisotopic (exact) mass is 461 g/mol. The maximum absolute atomic E-state index is 13.7. The number of carboxylic acids is 1. The molecule has 1 unspecified atom stereocenters. The van der Waals surface area contributed by atoms with Crippen LogP contribution in [0.5, 0.6) is 11.5 Å². The number of benzene rings is 2. The van der Waals surface area contributed by atoms with Crippen molar-refractivity contribution in [1.29, 1.82) is 0 Å². The number of hydrogen-bond donors (Lipinski definition) is 2. The molecule has 2 aromatic carbocycles. The van der Waals surface area contributed by atoms with Gasteiger partial charge in [0.05, 0.1) is 11.0 Å². The standard InChI is InChI=1S/C20H14FN3O2.C2HF3O2/c21-14-2-1-3-17-19(14)25-11-18(26-17)20-23-15-5-4-13(10-16(15)24-20)12-6-8-22-9-7-12;3-2(4,5)1(6)7/h1-10,18H,11H2,(H,23,24);(H,6,7). The molecule has 5 rings (SSSR count). The number of para-hydroxylation sites is 1. The van der Waals surface area contributed by atoms with E-state index in [1.165, 1.54) is 6.07 Å². The first-order chi connectivity index (χ1) is 15.7. The fourth-order valence-electron chi connectivity index (χ4n) is 3.11. The first-order valence-electron chi connectivity index (χ1n) is 9.50. The number of halogens is 4. The summed E-state index contributed by atoms with van der Waals surface area (Å²) in [6.07, 6.45) is -1.97. The van der Waals surface area contributed by atoms with Crippen LogP contribution in [0.3, 0.4) is 0 Å². The highest BCUT2D eigenvalue weighted by Crippen LogP contribution is 2.38. The number of pyridine rings is 1. The van der Waals surface area contributed by atoms with Gasteiger partial charge in [0.25, 0.3) is 0 Å². The van der Waals surface area contributed by atoms with Crippen molar-refractivity contribution >= 4 is 17.0 Å². The SMILES string of the molecule is Fc1cccc2c1OCC(c1nc3ccc(-c4ccncc4)cc3[nH]1)O2.O=C(O)C(F)(F)F. The molecule has 1 aliphatic rings. The number of alkyl halides is 3. The maximum atomic E-state index is 13.7. The highest BCUT2D eigenvalue weighted by atomic mass is 19.4. The zero-order valence-electron chi connectivity index (χ0n) is 16.6. The summed E-state index contributed by atoms with van der Waals surface area (Å²) in [5.74, 6) is -1.99. The molecule has 11 heteroatoms. The summed E-state index contributed by atoms with van der Waals surface area (Å²) < 4.78 is 56.9. The Morgan fingerprint density at radius 2 is 1.82 bits per heavy atom. The lowest BCUT2D eigenvalue weighted by atomic mass is 10.1. The van der Waals surface area contributed by atoms with Crippen molar-refractivity contribution in [2.24, 2.45) is 0 Å². The second kappa shape index (κ2) is 8.77. The molecule has 1 atom stereocenters. The van der Waals surface area contributed by atoms with Crippen molar-refractivity contribution in [2.45, 2.75) is 12.3 Å². The molecule has 0 spiro atoms. The predicted molar refractivity (Wildman–Crippen MR) is 108 cm³/mol. The smallest absolute Gasteiger partial charge is 0.482 e. The Labute approximate surface area is 183 Å². The fourth-order valence-corrected chi connectivity index (χ4v) is 3.11. The van der Waals surface area contributed by atoms with E-state index in [0.717, 1.165) is 22.2 Å². The van der Waals surface area contributed by atoms with Crippen LogP contribution in [-0.4, -0.2) is 38.8 Å². The quantitative estimate of drug-likeness (QED) is 0.412. The van der Waals surface area contributed by atoms with Crippen LogP contribution in [-0.2, 0) is 4.79 Å². The van der Waals surface area contributed by atoms with Crippen molar-refractivity contribution in [3.05, 3.63) is 72.6 Å². The number of hydrogen-bond acceptors (Lipinski definition) is 5. The molecule has 2 N–H and O–H groups in total. The van der Waals surface area contributed by atoms with E-state index >= 15 is 0 Å². The number of carbonyl (C=O) groups is 1. The molecule has 2 aromatic heterocycles. The van der Waals surface area contributed by atoms with Crippen LogP contribution in [0.2, 0.25) is 0 Å². The van der Waals surface area contributed by atoms with Gasteiger partial charge in [0.15, 0.2) is 29.2 Å². The largest absolute Gasteiger partial charge is 0.490 e. The molecule has 4 aromatic rings. The zero-order valence-corrected chi connectivity index (χ0v) is 16.6. The number of nitrogens with one attached hydrogen (secondary N) is 1. The van der Waals surface area contributed by atoms with Gasteiger partial charge in [-0.1, -0.05) is 12.1 Å². The van der Waals surface area contributed by atoms with Crippen molar-refractivity contribution < 1.29 is 36.9 Å². The van der Waals surface area contributed by atoms with Gasteiger partial charge in [-0.25, -0.2) is 14.2 Å². The fraction of sp³-hybridized carbons (Fsp3) is 0.136. The number of aromatic nitrogens is 3. The third-order valence-electron chi connectivity index (χ3n) is 4.64. The molecule has 33 heavy (non-hydrogen) atoms. The number of H-pyrrole nitrogens is 1. The minimum atomic E-state index is -5.08.